The molecular formula is C26H32FN5O5. The van der Waals surface area contributed by atoms with E-state index in [9.17, 15) is 18.8 Å². The molecule has 2 N–H and O–H groups in total. The van der Waals surface area contributed by atoms with E-state index >= 15 is 0 Å². The summed E-state index contributed by atoms with van der Waals surface area (Å²) in [6, 6.07) is 10.7. The standard InChI is InChI=1S/C26H32FN5O5/c1-36-18-7-8-23(37-2)20(15-18)29-24(33)16-22-26(35)28-9-10-32(22)25(34)17-30-11-13-31(14-12-30)21-6-4-3-5-19(21)27/h3-8,15,22H,9-14,16-17H2,1-2H3,(H,28,35)(H,29,33)/t22-/m0/s1. The topological polar surface area (TPSA) is 103 Å². The molecule has 0 unspecified atom stereocenters. The molecule has 198 valence electrons. The summed E-state index contributed by atoms with van der Waals surface area (Å²) >= 11 is 0. The first-order valence-electron chi connectivity index (χ1n) is 12.2. The maximum atomic E-state index is 14.1. The molecule has 0 radical (unpaired) electrons. The van der Waals surface area contributed by atoms with Crippen LogP contribution in [0.4, 0.5) is 15.8 Å². The van der Waals surface area contributed by atoms with Gasteiger partial charge in [0.25, 0.3) is 0 Å². The van der Waals surface area contributed by atoms with Crippen molar-refractivity contribution in [3.05, 3.63) is 48.3 Å². The van der Waals surface area contributed by atoms with Gasteiger partial charge in [0.05, 0.1) is 38.6 Å². The second-order valence-electron chi connectivity index (χ2n) is 8.93. The van der Waals surface area contributed by atoms with E-state index in [4.69, 9.17) is 9.47 Å². The summed E-state index contributed by atoms with van der Waals surface area (Å²) in [5.74, 6) is -0.283. The molecule has 37 heavy (non-hydrogen) atoms. The number of benzene rings is 2. The first kappa shape index (κ1) is 26.2. The summed E-state index contributed by atoms with van der Waals surface area (Å²) in [5.41, 5.74) is 0.966. The van der Waals surface area contributed by atoms with Crippen molar-refractivity contribution < 1.29 is 28.2 Å². The van der Waals surface area contributed by atoms with Gasteiger partial charge in [-0.05, 0) is 24.3 Å². The van der Waals surface area contributed by atoms with Gasteiger partial charge in [-0.2, -0.15) is 0 Å². The summed E-state index contributed by atoms with van der Waals surface area (Å²) in [4.78, 5) is 44.2. The summed E-state index contributed by atoms with van der Waals surface area (Å²) in [6.45, 7) is 3.11. The normalized spacial score (nSPS) is 18.2. The van der Waals surface area contributed by atoms with Crippen molar-refractivity contribution in [2.75, 3.05) is 70.2 Å². The Morgan fingerprint density at radius 2 is 1.81 bits per heavy atom. The zero-order chi connectivity index (χ0) is 26.4. The molecular weight excluding hydrogens is 481 g/mol. The van der Waals surface area contributed by atoms with Gasteiger partial charge in [-0.25, -0.2) is 4.39 Å². The number of rotatable bonds is 8. The second kappa shape index (κ2) is 11.9. The molecule has 0 aromatic heterocycles. The lowest BCUT2D eigenvalue weighted by atomic mass is 10.1. The minimum absolute atomic E-state index is 0.125. The van der Waals surface area contributed by atoms with Gasteiger partial charge < -0.3 is 29.9 Å². The Bertz CT molecular complexity index is 1140. The molecule has 0 aliphatic carbocycles. The Labute approximate surface area is 215 Å². The number of carbonyl (C=O) groups excluding carboxylic acids is 3. The highest BCUT2D eigenvalue weighted by molar-refractivity contribution is 5.98. The SMILES string of the molecule is COc1ccc(OC)c(NC(=O)C[C@H]2C(=O)NCCN2C(=O)CN2CCN(c3ccccc3F)CC2)c1. The quantitative estimate of drug-likeness (QED) is 0.549. The predicted molar refractivity (Wildman–Crippen MR) is 136 cm³/mol. The molecule has 2 aromatic carbocycles. The number of nitrogens with zero attached hydrogens (tertiary/aromatic N) is 3. The van der Waals surface area contributed by atoms with E-state index in [1.54, 1.807) is 36.4 Å². The summed E-state index contributed by atoms with van der Waals surface area (Å²) < 4.78 is 24.6. The molecule has 1 atom stereocenters. The van der Waals surface area contributed by atoms with Crippen molar-refractivity contribution >= 4 is 29.1 Å². The molecule has 0 spiro atoms. The Morgan fingerprint density at radius 1 is 1.05 bits per heavy atom. The van der Waals surface area contributed by atoms with Crippen molar-refractivity contribution in [1.82, 2.24) is 15.1 Å². The third kappa shape index (κ3) is 6.29. The number of nitrogens with one attached hydrogen (secondary N) is 2. The maximum absolute atomic E-state index is 14.1. The first-order valence-corrected chi connectivity index (χ1v) is 12.2. The van der Waals surface area contributed by atoms with E-state index in [2.05, 4.69) is 10.6 Å². The fraction of sp³-hybridized carbons (Fsp3) is 0.423. The molecule has 2 aliphatic rings. The molecule has 2 aliphatic heterocycles. The Hall–Kier alpha value is -3.86. The van der Waals surface area contributed by atoms with Crippen LogP contribution in [-0.4, -0.2) is 93.6 Å². The predicted octanol–water partition coefficient (Wildman–Crippen LogP) is 1.32. The summed E-state index contributed by atoms with van der Waals surface area (Å²) in [6.07, 6.45) is -0.195. The number of methoxy groups -OCH3 is 2. The van der Waals surface area contributed by atoms with Crippen LogP contribution in [0.15, 0.2) is 42.5 Å². The molecule has 3 amide bonds. The van der Waals surface area contributed by atoms with Gasteiger partial charge in [0.15, 0.2) is 0 Å². The highest BCUT2D eigenvalue weighted by atomic mass is 19.1. The lowest BCUT2D eigenvalue weighted by Crippen LogP contribution is -2.60. The largest absolute Gasteiger partial charge is 0.497 e. The number of hydrogen-bond donors (Lipinski definition) is 2. The molecule has 0 saturated carbocycles. The average molecular weight is 514 g/mol. The smallest absolute Gasteiger partial charge is 0.243 e. The molecule has 10 nitrogen and oxygen atoms in total. The van der Waals surface area contributed by atoms with Crippen molar-refractivity contribution in [3.63, 3.8) is 0 Å². The van der Waals surface area contributed by atoms with Crippen molar-refractivity contribution in [2.24, 2.45) is 0 Å². The van der Waals surface area contributed by atoms with E-state index in [0.717, 1.165) is 0 Å². The van der Waals surface area contributed by atoms with Gasteiger partial charge in [0.1, 0.15) is 23.4 Å². The minimum atomic E-state index is -0.919. The third-order valence-corrected chi connectivity index (χ3v) is 6.63. The van der Waals surface area contributed by atoms with E-state index < -0.39 is 11.9 Å². The van der Waals surface area contributed by atoms with Crippen LogP contribution >= 0.6 is 0 Å². The molecule has 2 saturated heterocycles. The van der Waals surface area contributed by atoms with Crippen molar-refractivity contribution in [2.45, 2.75) is 12.5 Å². The van der Waals surface area contributed by atoms with Gasteiger partial charge in [0.2, 0.25) is 17.7 Å². The lowest BCUT2D eigenvalue weighted by molar-refractivity contribution is -0.145. The van der Waals surface area contributed by atoms with E-state index in [1.165, 1.54) is 25.2 Å². The number of halogens is 1. The summed E-state index contributed by atoms with van der Waals surface area (Å²) in [5, 5.41) is 5.51. The van der Waals surface area contributed by atoms with E-state index in [1.807, 2.05) is 9.80 Å². The monoisotopic (exact) mass is 513 g/mol. The zero-order valence-electron chi connectivity index (χ0n) is 21.0. The van der Waals surface area contributed by atoms with Gasteiger partial charge in [-0.3, -0.25) is 19.3 Å². The van der Waals surface area contributed by atoms with Crippen LogP contribution in [0.5, 0.6) is 11.5 Å². The Balaban J connectivity index is 1.36. The van der Waals surface area contributed by atoms with E-state index in [0.29, 0.717) is 62.1 Å². The van der Waals surface area contributed by atoms with Gasteiger partial charge in [0, 0.05) is 45.3 Å². The zero-order valence-corrected chi connectivity index (χ0v) is 21.0. The molecule has 11 heteroatoms. The fourth-order valence-electron chi connectivity index (χ4n) is 4.64. The number of anilines is 2. The molecule has 0 bridgehead atoms. The van der Waals surface area contributed by atoms with Crippen LogP contribution in [0.1, 0.15) is 6.42 Å². The lowest BCUT2D eigenvalue weighted by Gasteiger charge is -2.39. The van der Waals surface area contributed by atoms with Crippen LogP contribution < -0.4 is 25.0 Å². The molecule has 4 rings (SSSR count). The van der Waals surface area contributed by atoms with Crippen LogP contribution in [-0.2, 0) is 14.4 Å². The van der Waals surface area contributed by atoms with Gasteiger partial charge >= 0.3 is 0 Å². The van der Waals surface area contributed by atoms with Crippen LogP contribution in [0.2, 0.25) is 0 Å². The van der Waals surface area contributed by atoms with Gasteiger partial charge in [-0.1, -0.05) is 12.1 Å². The van der Waals surface area contributed by atoms with E-state index in [-0.39, 0.29) is 30.6 Å². The molecule has 2 aromatic rings. The molecule has 2 fully saturated rings. The highest BCUT2D eigenvalue weighted by Gasteiger charge is 2.35. The number of amides is 3. The maximum Gasteiger partial charge on any atom is 0.243 e. The van der Waals surface area contributed by atoms with Crippen molar-refractivity contribution in [1.29, 1.82) is 0 Å². The third-order valence-electron chi connectivity index (χ3n) is 6.63. The van der Waals surface area contributed by atoms with Gasteiger partial charge in [-0.15, -0.1) is 0 Å². The fourth-order valence-corrected chi connectivity index (χ4v) is 4.64. The number of ether oxygens (including phenoxy) is 2. The van der Waals surface area contributed by atoms with Crippen LogP contribution in [0, 0.1) is 5.82 Å². The van der Waals surface area contributed by atoms with Crippen molar-refractivity contribution in [3.8, 4) is 11.5 Å². The number of piperazine rings is 2. The van der Waals surface area contributed by atoms with Crippen LogP contribution in [0.3, 0.4) is 0 Å². The first-order chi connectivity index (χ1) is 17.9. The molecule has 2 heterocycles. The Morgan fingerprint density at radius 3 is 2.51 bits per heavy atom. The average Bonchev–Trinajstić information content (AvgIpc) is 2.90. The second-order valence-corrected chi connectivity index (χ2v) is 8.93. The van der Waals surface area contributed by atoms with Crippen LogP contribution in [0.25, 0.3) is 0 Å². The minimum Gasteiger partial charge on any atom is -0.497 e. The number of hydrogen-bond acceptors (Lipinski definition) is 7. The Kier molecular flexibility index (Phi) is 8.44. The number of carbonyl (C=O) groups is 3. The summed E-state index contributed by atoms with van der Waals surface area (Å²) in [7, 11) is 3.01. The number of para-hydroxylation sites is 1. The highest BCUT2D eigenvalue weighted by Crippen LogP contribution is 2.29.